The van der Waals surface area contributed by atoms with Crippen LogP contribution in [0.25, 0.3) is 11.0 Å². The number of pyridine rings is 1. The number of aromatic nitrogens is 2. The van der Waals surface area contributed by atoms with Crippen molar-refractivity contribution in [1.29, 1.82) is 0 Å². The molecule has 0 saturated heterocycles. The summed E-state index contributed by atoms with van der Waals surface area (Å²) >= 11 is 6.12. The Balaban J connectivity index is 1.38. The summed E-state index contributed by atoms with van der Waals surface area (Å²) in [6.45, 7) is 1.23. The van der Waals surface area contributed by atoms with E-state index in [-0.39, 0.29) is 22.9 Å². The Morgan fingerprint density at radius 3 is 2.69 bits per heavy atom. The second kappa shape index (κ2) is 6.88. The summed E-state index contributed by atoms with van der Waals surface area (Å²) in [6.07, 6.45) is 6.39. The van der Waals surface area contributed by atoms with Crippen molar-refractivity contribution in [3.8, 4) is 11.5 Å². The smallest absolute Gasteiger partial charge is 0.289 e. The van der Waals surface area contributed by atoms with Crippen LogP contribution in [0.4, 0.5) is 14.5 Å². The summed E-state index contributed by atoms with van der Waals surface area (Å²) < 4.78 is 40.4. The lowest BCUT2D eigenvalue weighted by molar-refractivity contribution is 0.0461. The molecule has 0 bridgehead atoms. The van der Waals surface area contributed by atoms with Crippen LogP contribution < -0.4 is 10.1 Å². The Morgan fingerprint density at radius 2 is 2.03 bits per heavy atom. The number of halogens is 3. The highest BCUT2D eigenvalue weighted by molar-refractivity contribution is 6.36. The summed E-state index contributed by atoms with van der Waals surface area (Å²) in [4.78, 5) is 11.3. The summed E-state index contributed by atoms with van der Waals surface area (Å²) in [6, 6.07) is 4.03. The number of aliphatic imine (C=N–C) groups is 1. The van der Waals surface area contributed by atoms with Crippen LogP contribution in [0.2, 0.25) is 5.02 Å². The number of amidine groups is 1. The third-order valence-electron chi connectivity index (χ3n) is 5.44. The fourth-order valence-electron chi connectivity index (χ4n) is 3.64. The van der Waals surface area contributed by atoms with Crippen molar-refractivity contribution in [2.24, 2.45) is 10.4 Å². The van der Waals surface area contributed by atoms with Crippen LogP contribution in [-0.2, 0) is 4.74 Å². The van der Waals surface area contributed by atoms with Crippen molar-refractivity contribution < 1.29 is 18.3 Å². The molecule has 3 heterocycles. The van der Waals surface area contributed by atoms with Gasteiger partial charge in [0, 0.05) is 35.6 Å². The lowest BCUT2D eigenvalue weighted by atomic mass is 9.69. The molecule has 0 amide bonds. The standard InChI is InChI=1S/C20H17ClF2N4O2/c21-12-8-25-18-16(12)15(2-5-24-18)29-17-13(22)6-11(7-14(17)23)27-19-26-9-20(10-28-19)3-1-4-20/h2,5-8H,1,3-4,9-10H2,(H,24,25)(H,26,27). The topological polar surface area (TPSA) is 71.5 Å². The molecule has 0 radical (unpaired) electrons. The minimum absolute atomic E-state index is 0.148. The van der Waals surface area contributed by atoms with Crippen molar-refractivity contribution >= 4 is 34.3 Å². The lowest BCUT2D eigenvalue weighted by Gasteiger charge is -2.42. The van der Waals surface area contributed by atoms with E-state index in [1.807, 2.05) is 0 Å². The molecule has 1 saturated carbocycles. The molecule has 5 rings (SSSR count). The molecule has 1 aromatic carbocycles. The first-order chi connectivity index (χ1) is 14.0. The van der Waals surface area contributed by atoms with Gasteiger partial charge in [-0.25, -0.2) is 18.8 Å². The van der Waals surface area contributed by atoms with Gasteiger partial charge in [0.05, 0.1) is 23.6 Å². The van der Waals surface area contributed by atoms with E-state index in [2.05, 4.69) is 20.3 Å². The second-order valence-corrected chi connectivity index (χ2v) is 7.84. The number of rotatable bonds is 3. The van der Waals surface area contributed by atoms with Crippen LogP contribution in [0.15, 0.2) is 35.6 Å². The van der Waals surface area contributed by atoms with Crippen molar-refractivity contribution in [3.63, 3.8) is 0 Å². The number of ether oxygens (including phenoxy) is 2. The third-order valence-corrected chi connectivity index (χ3v) is 5.73. The van der Waals surface area contributed by atoms with Gasteiger partial charge in [0.15, 0.2) is 17.4 Å². The number of hydrogen-bond donors (Lipinski definition) is 2. The first-order valence-corrected chi connectivity index (χ1v) is 9.64. The molecule has 0 atom stereocenters. The predicted molar refractivity (Wildman–Crippen MR) is 106 cm³/mol. The average Bonchev–Trinajstić information content (AvgIpc) is 3.06. The Bertz CT molecular complexity index is 1100. The number of nitrogens with one attached hydrogen (secondary N) is 2. The first-order valence-electron chi connectivity index (χ1n) is 9.26. The van der Waals surface area contributed by atoms with Crippen LogP contribution in [0.3, 0.4) is 0 Å². The monoisotopic (exact) mass is 418 g/mol. The van der Waals surface area contributed by atoms with E-state index in [9.17, 15) is 8.78 Å². The number of hydrogen-bond acceptors (Lipinski definition) is 5. The molecule has 6 nitrogen and oxygen atoms in total. The largest absolute Gasteiger partial charge is 0.464 e. The van der Waals surface area contributed by atoms with E-state index >= 15 is 0 Å². The van der Waals surface area contributed by atoms with Crippen LogP contribution in [0.1, 0.15) is 19.3 Å². The minimum atomic E-state index is -0.865. The molecule has 2 aromatic heterocycles. The van der Waals surface area contributed by atoms with Crippen LogP contribution in [0, 0.1) is 17.0 Å². The number of anilines is 1. The molecule has 9 heteroatoms. The molecule has 1 spiro atoms. The number of fused-ring (bicyclic) bond motifs is 1. The molecule has 0 unspecified atom stereocenters. The Kier molecular flexibility index (Phi) is 4.31. The summed E-state index contributed by atoms with van der Waals surface area (Å²) in [5.74, 6) is -2.06. The van der Waals surface area contributed by atoms with E-state index in [1.165, 1.54) is 24.9 Å². The van der Waals surface area contributed by atoms with Crippen molar-refractivity contribution in [3.05, 3.63) is 47.2 Å². The summed E-state index contributed by atoms with van der Waals surface area (Å²) in [5.41, 5.74) is 0.799. The van der Waals surface area contributed by atoms with Gasteiger partial charge in [-0.2, -0.15) is 0 Å². The quantitative estimate of drug-likeness (QED) is 0.609. The molecular formula is C20H17ClF2N4O2. The maximum absolute atomic E-state index is 14.6. The normalized spacial score (nSPS) is 17.6. The highest BCUT2D eigenvalue weighted by Gasteiger charge is 2.40. The van der Waals surface area contributed by atoms with E-state index in [0.717, 1.165) is 25.0 Å². The molecule has 2 aliphatic rings. The summed E-state index contributed by atoms with van der Waals surface area (Å²) in [7, 11) is 0. The van der Waals surface area contributed by atoms with Gasteiger partial charge in [-0.3, -0.25) is 0 Å². The van der Waals surface area contributed by atoms with E-state index in [1.54, 1.807) is 0 Å². The average molecular weight is 419 g/mol. The Morgan fingerprint density at radius 1 is 1.24 bits per heavy atom. The first kappa shape index (κ1) is 18.2. The van der Waals surface area contributed by atoms with Crippen LogP contribution >= 0.6 is 11.6 Å². The van der Waals surface area contributed by atoms with Crippen molar-refractivity contribution in [2.45, 2.75) is 19.3 Å². The molecule has 3 aromatic rings. The fraction of sp³-hybridized carbons (Fsp3) is 0.300. The highest BCUT2D eigenvalue weighted by Crippen LogP contribution is 2.43. The van der Waals surface area contributed by atoms with Crippen molar-refractivity contribution in [2.75, 3.05) is 18.5 Å². The Labute approximate surface area is 169 Å². The number of aromatic amines is 1. The van der Waals surface area contributed by atoms with E-state index < -0.39 is 17.4 Å². The van der Waals surface area contributed by atoms with Gasteiger partial charge in [-0.1, -0.05) is 18.0 Å². The summed E-state index contributed by atoms with van der Waals surface area (Å²) in [5, 5.41) is 3.63. The van der Waals surface area contributed by atoms with Gasteiger partial charge in [-0.05, 0) is 18.9 Å². The molecule has 150 valence electrons. The van der Waals surface area contributed by atoms with Crippen molar-refractivity contribution in [1.82, 2.24) is 9.97 Å². The van der Waals surface area contributed by atoms with Crippen LogP contribution in [0.5, 0.6) is 11.5 Å². The number of nitrogens with zero attached hydrogens (tertiary/aromatic N) is 2. The molecule has 1 fully saturated rings. The Hall–Kier alpha value is -2.87. The zero-order valence-corrected chi connectivity index (χ0v) is 16.0. The second-order valence-electron chi connectivity index (χ2n) is 7.43. The zero-order valence-electron chi connectivity index (χ0n) is 15.3. The SMILES string of the molecule is Fc1cc(NC2=NCC3(CCC3)CO2)cc(F)c1Oc1ccnc2[nH]cc(Cl)c12. The minimum Gasteiger partial charge on any atom is -0.464 e. The van der Waals surface area contributed by atoms with Gasteiger partial charge in [0.25, 0.3) is 6.02 Å². The van der Waals surface area contributed by atoms with Gasteiger partial charge in [-0.15, -0.1) is 0 Å². The van der Waals surface area contributed by atoms with Gasteiger partial charge >= 0.3 is 0 Å². The zero-order chi connectivity index (χ0) is 20.0. The number of H-pyrrole nitrogens is 1. The number of benzene rings is 1. The van der Waals surface area contributed by atoms with E-state index in [0.29, 0.717) is 29.2 Å². The van der Waals surface area contributed by atoms with Gasteiger partial charge in [0.2, 0.25) is 0 Å². The van der Waals surface area contributed by atoms with Gasteiger partial charge < -0.3 is 19.8 Å². The molecule has 1 aliphatic carbocycles. The predicted octanol–water partition coefficient (Wildman–Crippen LogP) is 5.26. The highest BCUT2D eigenvalue weighted by atomic mass is 35.5. The van der Waals surface area contributed by atoms with Gasteiger partial charge in [0.1, 0.15) is 11.4 Å². The molecule has 2 N–H and O–H groups in total. The molecule has 1 aliphatic heterocycles. The van der Waals surface area contributed by atoms with E-state index in [4.69, 9.17) is 21.1 Å². The molecular weight excluding hydrogens is 402 g/mol. The molecule has 29 heavy (non-hydrogen) atoms. The lowest BCUT2D eigenvalue weighted by Crippen LogP contribution is -2.42. The van der Waals surface area contributed by atoms with Crippen LogP contribution in [-0.4, -0.2) is 29.1 Å². The maximum Gasteiger partial charge on any atom is 0.289 e. The fourth-order valence-corrected chi connectivity index (χ4v) is 3.88. The maximum atomic E-state index is 14.6. The third kappa shape index (κ3) is 3.27.